The molecule has 0 aromatic rings. The quantitative estimate of drug-likeness (QED) is 0.367. The van der Waals surface area contributed by atoms with E-state index in [1.807, 2.05) is 6.92 Å². The Morgan fingerprint density at radius 3 is 2.56 bits per heavy atom. The van der Waals surface area contributed by atoms with E-state index >= 15 is 0 Å². The molecule has 0 radical (unpaired) electrons. The van der Waals surface area contributed by atoms with Crippen molar-refractivity contribution >= 4 is 18.6 Å². The van der Waals surface area contributed by atoms with Crippen molar-refractivity contribution in [2.45, 2.75) is 51.2 Å². The van der Waals surface area contributed by atoms with Crippen LogP contribution in [-0.2, 0) is 14.3 Å². The van der Waals surface area contributed by atoms with Crippen molar-refractivity contribution in [1.29, 1.82) is 0 Å². The molecule has 0 aliphatic heterocycles. The minimum atomic E-state index is -0.279. The molecule has 0 aliphatic rings. The second-order valence-electron chi connectivity index (χ2n) is 3.73. The van der Waals surface area contributed by atoms with Crippen molar-refractivity contribution < 1.29 is 14.3 Å². The van der Waals surface area contributed by atoms with Crippen LogP contribution in [0.2, 0.25) is 0 Å². The van der Waals surface area contributed by atoms with Gasteiger partial charge in [0.05, 0.1) is 11.9 Å². The van der Waals surface area contributed by atoms with Crippen LogP contribution in [0.3, 0.4) is 0 Å². The van der Waals surface area contributed by atoms with Crippen LogP contribution in [0.5, 0.6) is 0 Å². The maximum absolute atomic E-state index is 11.4. The van der Waals surface area contributed by atoms with Gasteiger partial charge in [-0.15, -0.1) is 0 Å². The number of carbonyl (C=O) groups excluding carboxylic acids is 1. The lowest BCUT2D eigenvalue weighted by atomic mass is 10.1. The number of unbranched alkanes of at least 4 members (excludes halogenated alkanes) is 3. The molecule has 0 rings (SSSR count). The maximum atomic E-state index is 11.4. The molecular formula is C12H24O3S. The lowest BCUT2D eigenvalue weighted by molar-refractivity contribution is -0.144. The molecule has 0 saturated carbocycles. The summed E-state index contributed by atoms with van der Waals surface area (Å²) in [6.07, 6.45) is 5.44. The Labute approximate surface area is 104 Å². The summed E-state index contributed by atoms with van der Waals surface area (Å²) in [5, 5.41) is -0.279. The molecule has 0 bridgehead atoms. The molecule has 0 aliphatic carbocycles. The minimum absolute atomic E-state index is 0.223. The topological polar surface area (TPSA) is 35.5 Å². The fraction of sp³-hybridized carbons (Fsp3) is 0.917. The molecule has 0 N–H and O–H groups in total. The summed E-state index contributed by atoms with van der Waals surface area (Å²) in [5.74, 6) is -0.223. The summed E-state index contributed by atoms with van der Waals surface area (Å²) < 4.78 is 10.1. The van der Waals surface area contributed by atoms with Crippen LogP contribution < -0.4 is 0 Å². The molecule has 0 aromatic carbocycles. The van der Waals surface area contributed by atoms with Crippen LogP contribution in [0.25, 0.3) is 0 Å². The second kappa shape index (κ2) is 11.3. The van der Waals surface area contributed by atoms with Crippen LogP contribution >= 0.6 is 12.6 Å². The molecule has 1 unspecified atom stereocenters. The zero-order chi connectivity index (χ0) is 12.2. The Balaban J connectivity index is 3.42. The Hall–Kier alpha value is -0.220. The number of esters is 1. The van der Waals surface area contributed by atoms with Gasteiger partial charge >= 0.3 is 5.97 Å². The first kappa shape index (κ1) is 15.8. The highest BCUT2D eigenvalue weighted by molar-refractivity contribution is 7.81. The van der Waals surface area contributed by atoms with E-state index in [1.54, 1.807) is 0 Å². The van der Waals surface area contributed by atoms with E-state index in [2.05, 4.69) is 19.6 Å². The lowest BCUT2D eigenvalue weighted by Gasteiger charge is -2.10. The largest absolute Gasteiger partial charge is 0.462 e. The van der Waals surface area contributed by atoms with Crippen molar-refractivity contribution in [3.05, 3.63) is 0 Å². The van der Waals surface area contributed by atoms with E-state index < -0.39 is 0 Å². The molecular weight excluding hydrogens is 224 g/mol. The highest BCUT2D eigenvalue weighted by Crippen LogP contribution is 2.11. The number of rotatable bonds is 10. The fourth-order valence-corrected chi connectivity index (χ4v) is 1.58. The summed E-state index contributed by atoms with van der Waals surface area (Å²) in [4.78, 5) is 11.4. The normalized spacial score (nSPS) is 12.4. The number of hydrogen-bond acceptors (Lipinski definition) is 4. The average Bonchev–Trinajstić information content (AvgIpc) is 2.29. The van der Waals surface area contributed by atoms with Gasteiger partial charge in [-0.2, -0.15) is 12.6 Å². The van der Waals surface area contributed by atoms with Crippen LogP contribution in [0, 0.1) is 0 Å². The van der Waals surface area contributed by atoms with E-state index in [9.17, 15) is 4.79 Å². The van der Waals surface area contributed by atoms with Gasteiger partial charge in [-0.1, -0.05) is 32.6 Å². The highest BCUT2D eigenvalue weighted by Gasteiger charge is 2.14. The predicted octanol–water partition coefficient (Wildman–Crippen LogP) is 2.83. The third kappa shape index (κ3) is 9.04. The molecule has 0 fully saturated rings. The minimum Gasteiger partial charge on any atom is -0.462 e. The van der Waals surface area contributed by atoms with Crippen molar-refractivity contribution in [3.8, 4) is 0 Å². The van der Waals surface area contributed by atoms with Crippen molar-refractivity contribution in [1.82, 2.24) is 0 Å². The zero-order valence-corrected chi connectivity index (χ0v) is 11.3. The summed E-state index contributed by atoms with van der Waals surface area (Å²) in [7, 11) is 0. The predicted molar refractivity (Wildman–Crippen MR) is 69.0 cm³/mol. The van der Waals surface area contributed by atoms with Crippen LogP contribution in [0.15, 0.2) is 0 Å². The first-order valence-corrected chi connectivity index (χ1v) is 6.66. The average molecular weight is 248 g/mol. The number of thiol groups is 1. The van der Waals surface area contributed by atoms with E-state index in [-0.39, 0.29) is 11.2 Å². The second-order valence-corrected chi connectivity index (χ2v) is 4.35. The Morgan fingerprint density at radius 1 is 1.19 bits per heavy atom. The zero-order valence-electron chi connectivity index (χ0n) is 10.4. The maximum Gasteiger partial charge on any atom is 0.318 e. The van der Waals surface area contributed by atoms with Gasteiger partial charge < -0.3 is 9.47 Å². The van der Waals surface area contributed by atoms with Gasteiger partial charge in [-0.3, -0.25) is 4.79 Å². The van der Waals surface area contributed by atoms with Gasteiger partial charge in [0.25, 0.3) is 0 Å². The fourth-order valence-electron chi connectivity index (χ4n) is 1.32. The monoisotopic (exact) mass is 248 g/mol. The van der Waals surface area contributed by atoms with Gasteiger partial charge in [-0.05, 0) is 13.3 Å². The molecule has 3 nitrogen and oxygen atoms in total. The summed E-state index contributed by atoms with van der Waals surface area (Å²) in [6, 6.07) is 0. The number of ether oxygens (including phenoxy) is 2. The molecule has 0 heterocycles. The van der Waals surface area contributed by atoms with E-state index in [0.717, 1.165) is 12.8 Å². The highest BCUT2D eigenvalue weighted by atomic mass is 32.1. The third-order valence-corrected chi connectivity index (χ3v) is 2.75. The number of carbonyl (C=O) groups is 1. The van der Waals surface area contributed by atoms with Gasteiger partial charge in [0, 0.05) is 6.61 Å². The Kier molecular flexibility index (Phi) is 11.1. The van der Waals surface area contributed by atoms with E-state index in [4.69, 9.17) is 9.47 Å². The SMILES string of the molecule is CCCCCCC(S)C(=O)OCCOCC. The lowest BCUT2D eigenvalue weighted by Crippen LogP contribution is -2.20. The van der Waals surface area contributed by atoms with E-state index in [0.29, 0.717) is 19.8 Å². The van der Waals surface area contributed by atoms with Gasteiger partial charge in [-0.25, -0.2) is 0 Å². The smallest absolute Gasteiger partial charge is 0.318 e. The molecule has 16 heavy (non-hydrogen) atoms. The van der Waals surface area contributed by atoms with Crippen LogP contribution in [0.1, 0.15) is 46.0 Å². The first-order valence-electron chi connectivity index (χ1n) is 6.14. The molecule has 0 amide bonds. The summed E-state index contributed by atoms with van der Waals surface area (Å²) >= 11 is 4.24. The van der Waals surface area contributed by atoms with E-state index in [1.165, 1.54) is 19.3 Å². The van der Waals surface area contributed by atoms with Gasteiger partial charge in [0.1, 0.15) is 6.61 Å². The van der Waals surface area contributed by atoms with Crippen molar-refractivity contribution in [2.75, 3.05) is 19.8 Å². The first-order chi connectivity index (χ1) is 7.72. The molecule has 4 heteroatoms. The van der Waals surface area contributed by atoms with Crippen molar-refractivity contribution in [2.24, 2.45) is 0 Å². The summed E-state index contributed by atoms with van der Waals surface area (Å²) in [5.41, 5.74) is 0. The van der Waals surface area contributed by atoms with Crippen LogP contribution in [-0.4, -0.2) is 31.0 Å². The molecule has 0 aromatic heterocycles. The summed E-state index contributed by atoms with van der Waals surface area (Å²) in [6.45, 7) is 5.53. The Morgan fingerprint density at radius 2 is 1.94 bits per heavy atom. The molecule has 96 valence electrons. The molecule has 0 saturated heterocycles. The number of hydrogen-bond donors (Lipinski definition) is 1. The van der Waals surface area contributed by atoms with Gasteiger partial charge in [0.2, 0.25) is 0 Å². The van der Waals surface area contributed by atoms with Gasteiger partial charge in [0.15, 0.2) is 0 Å². The Bertz CT molecular complexity index is 174. The van der Waals surface area contributed by atoms with Crippen molar-refractivity contribution in [3.63, 3.8) is 0 Å². The molecule has 0 spiro atoms. The van der Waals surface area contributed by atoms with Crippen LogP contribution in [0.4, 0.5) is 0 Å². The third-order valence-electron chi connectivity index (χ3n) is 2.28. The molecule has 1 atom stereocenters. The standard InChI is InChI=1S/C12H24O3S/c1-3-5-6-7-8-11(16)12(13)15-10-9-14-4-2/h11,16H,3-10H2,1-2H3.